The second-order valence-electron chi connectivity index (χ2n) is 6.26. The van der Waals surface area contributed by atoms with Gasteiger partial charge in [-0.2, -0.15) is 13.2 Å². The van der Waals surface area contributed by atoms with Crippen molar-refractivity contribution in [3.8, 4) is 0 Å². The van der Waals surface area contributed by atoms with Gasteiger partial charge >= 0.3 is 6.18 Å². The van der Waals surface area contributed by atoms with Gasteiger partial charge in [-0.05, 0) is 49.2 Å². The molecule has 0 aliphatic carbocycles. The molecule has 4 nitrogen and oxygen atoms in total. The first-order valence-corrected chi connectivity index (χ1v) is 9.70. The van der Waals surface area contributed by atoms with Crippen LogP contribution in [0.2, 0.25) is 0 Å². The molecule has 138 valence electrons. The predicted octanol–water partition coefficient (Wildman–Crippen LogP) is 4.12. The quantitative estimate of drug-likeness (QED) is 0.685. The normalized spacial score (nSPS) is 12.7. The van der Waals surface area contributed by atoms with Crippen LogP contribution in [0.5, 0.6) is 0 Å². The Morgan fingerprint density at radius 1 is 1.15 bits per heavy atom. The predicted molar refractivity (Wildman–Crippen MR) is 92.9 cm³/mol. The summed E-state index contributed by atoms with van der Waals surface area (Å²) >= 11 is 0. The summed E-state index contributed by atoms with van der Waals surface area (Å²) in [5.74, 6) is 0. The van der Waals surface area contributed by atoms with E-state index in [0.717, 1.165) is 22.9 Å². The molecule has 0 bridgehead atoms. The minimum Gasteiger partial charge on any atom is -0.325 e. The van der Waals surface area contributed by atoms with Crippen molar-refractivity contribution in [3.63, 3.8) is 0 Å². The summed E-state index contributed by atoms with van der Waals surface area (Å²) in [6.45, 7) is 3.68. The summed E-state index contributed by atoms with van der Waals surface area (Å²) in [7, 11) is -3.73. The summed E-state index contributed by atoms with van der Waals surface area (Å²) in [6.07, 6.45) is -2.18. The standard InChI is InChI=1S/C18H17F3N2O2S/c1-11-12(2)23(17-15(11)5-4-8-22-17)10-13-6-7-14(26(3,24)25)9-16(13)18(19,20)21/h4-9H,10H2,1-3H3. The fourth-order valence-corrected chi connectivity index (χ4v) is 3.66. The van der Waals surface area contributed by atoms with E-state index in [0.29, 0.717) is 11.7 Å². The number of pyridine rings is 1. The molecule has 0 N–H and O–H groups in total. The number of nitrogens with zero attached hydrogens (tertiary/aromatic N) is 2. The summed E-state index contributed by atoms with van der Waals surface area (Å²) in [4.78, 5) is 3.94. The Balaban J connectivity index is 2.19. The van der Waals surface area contributed by atoms with Gasteiger partial charge in [-0.1, -0.05) is 6.07 Å². The van der Waals surface area contributed by atoms with Crippen molar-refractivity contribution in [1.82, 2.24) is 9.55 Å². The number of rotatable bonds is 3. The van der Waals surface area contributed by atoms with Gasteiger partial charge in [-0.15, -0.1) is 0 Å². The van der Waals surface area contributed by atoms with Gasteiger partial charge in [0.15, 0.2) is 9.84 Å². The highest BCUT2D eigenvalue weighted by Crippen LogP contribution is 2.35. The van der Waals surface area contributed by atoms with Crippen molar-refractivity contribution < 1.29 is 21.6 Å². The van der Waals surface area contributed by atoms with Crippen molar-refractivity contribution in [2.45, 2.75) is 31.5 Å². The molecule has 2 aromatic heterocycles. The van der Waals surface area contributed by atoms with Crippen LogP contribution in [0.1, 0.15) is 22.4 Å². The average Bonchev–Trinajstić information content (AvgIpc) is 2.79. The molecule has 0 spiro atoms. The zero-order valence-corrected chi connectivity index (χ0v) is 15.2. The highest BCUT2D eigenvalue weighted by molar-refractivity contribution is 7.90. The molecule has 0 aliphatic rings. The minimum absolute atomic E-state index is 0.00412. The average molecular weight is 382 g/mol. The maximum Gasteiger partial charge on any atom is 0.416 e. The zero-order valence-electron chi connectivity index (χ0n) is 14.4. The van der Waals surface area contributed by atoms with Gasteiger partial charge in [0.2, 0.25) is 0 Å². The first kappa shape index (κ1) is 18.4. The number of sulfone groups is 1. The monoisotopic (exact) mass is 382 g/mol. The van der Waals surface area contributed by atoms with E-state index in [1.807, 2.05) is 19.9 Å². The molecule has 0 aliphatic heterocycles. The van der Waals surface area contributed by atoms with Crippen LogP contribution in [0, 0.1) is 13.8 Å². The molecule has 0 unspecified atom stereocenters. The van der Waals surface area contributed by atoms with E-state index in [1.54, 1.807) is 16.8 Å². The zero-order chi connectivity index (χ0) is 19.3. The van der Waals surface area contributed by atoms with Crippen LogP contribution in [0.4, 0.5) is 13.2 Å². The number of alkyl halides is 3. The van der Waals surface area contributed by atoms with Crippen LogP contribution in [0.3, 0.4) is 0 Å². The van der Waals surface area contributed by atoms with Crippen molar-refractivity contribution in [3.05, 3.63) is 58.9 Å². The lowest BCUT2D eigenvalue weighted by molar-refractivity contribution is -0.138. The SMILES string of the molecule is Cc1c(C)n(Cc2ccc(S(C)(=O)=O)cc2C(F)(F)F)c2ncccc12. The highest BCUT2D eigenvalue weighted by Gasteiger charge is 2.34. The molecule has 2 heterocycles. The molecular weight excluding hydrogens is 365 g/mol. The maximum absolute atomic E-state index is 13.5. The number of halogens is 3. The minimum atomic E-state index is -4.66. The molecule has 0 radical (unpaired) electrons. The lowest BCUT2D eigenvalue weighted by atomic mass is 10.1. The van der Waals surface area contributed by atoms with E-state index < -0.39 is 21.6 Å². The van der Waals surface area contributed by atoms with E-state index in [9.17, 15) is 21.6 Å². The van der Waals surface area contributed by atoms with Crippen molar-refractivity contribution >= 4 is 20.9 Å². The third-order valence-corrected chi connectivity index (χ3v) is 5.65. The summed E-state index contributed by atoms with van der Waals surface area (Å²) < 4.78 is 65.5. The number of aromatic nitrogens is 2. The molecule has 0 saturated heterocycles. The number of benzene rings is 1. The van der Waals surface area contributed by atoms with Crippen LogP contribution in [-0.4, -0.2) is 24.2 Å². The van der Waals surface area contributed by atoms with E-state index in [1.165, 1.54) is 12.1 Å². The first-order valence-electron chi connectivity index (χ1n) is 7.80. The highest BCUT2D eigenvalue weighted by atomic mass is 32.2. The third kappa shape index (κ3) is 3.21. The largest absolute Gasteiger partial charge is 0.416 e. The first-order chi connectivity index (χ1) is 12.0. The number of hydrogen-bond donors (Lipinski definition) is 0. The summed E-state index contributed by atoms with van der Waals surface area (Å²) in [5, 5.41) is 0.881. The Bertz CT molecular complexity index is 1100. The molecule has 0 atom stereocenters. The second kappa shape index (κ2) is 6.12. The molecular formula is C18H17F3N2O2S. The molecule has 26 heavy (non-hydrogen) atoms. The Kier molecular flexibility index (Phi) is 4.34. The number of fused-ring (bicyclic) bond motifs is 1. The fourth-order valence-electron chi connectivity index (χ4n) is 3.01. The van der Waals surface area contributed by atoms with Crippen LogP contribution in [-0.2, 0) is 22.6 Å². The fraction of sp³-hybridized carbons (Fsp3) is 0.278. The number of hydrogen-bond acceptors (Lipinski definition) is 3. The molecule has 3 aromatic rings. The van der Waals surface area contributed by atoms with Crippen LogP contribution in [0.15, 0.2) is 41.4 Å². The Labute approximate surface area is 149 Å². The molecule has 0 saturated carbocycles. The maximum atomic E-state index is 13.5. The molecule has 8 heteroatoms. The second-order valence-corrected chi connectivity index (χ2v) is 8.28. The van der Waals surface area contributed by atoms with E-state index in [-0.39, 0.29) is 17.0 Å². The van der Waals surface area contributed by atoms with Crippen molar-refractivity contribution in [1.29, 1.82) is 0 Å². The van der Waals surface area contributed by atoms with Gasteiger partial charge in [0, 0.05) is 30.1 Å². The van der Waals surface area contributed by atoms with Crippen LogP contribution in [0.25, 0.3) is 11.0 Å². The van der Waals surface area contributed by atoms with Crippen LogP contribution < -0.4 is 0 Å². The Hall–Kier alpha value is -2.35. The van der Waals surface area contributed by atoms with Crippen molar-refractivity contribution in [2.24, 2.45) is 0 Å². The van der Waals surface area contributed by atoms with Crippen molar-refractivity contribution in [2.75, 3.05) is 6.26 Å². The molecule has 0 amide bonds. The lowest BCUT2D eigenvalue weighted by Crippen LogP contribution is -2.14. The third-order valence-electron chi connectivity index (χ3n) is 4.54. The Morgan fingerprint density at radius 2 is 1.85 bits per heavy atom. The van der Waals surface area contributed by atoms with E-state index in [2.05, 4.69) is 4.98 Å². The van der Waals surface area contributed by atoms with Crippen LogP contribution >= 0.6 is 0 Å². The van der Waals surface area contributed by atoms with Gasteiger partial charge in [-0.25, -0.2) is 13.4 Å². The molecule has 1 aromatic carbocycles. The van der Waals surface area contributed by atoms with Gasteiger partial charge < -0.3 is 4.57 Å². The summed E-state index contributed by atoms with van der Waals surface area (Å²) in [6, 6.07) is 6.79. The van der Waals surface area contributed by atoms with Gasteiger partial charge in [0.05, 0.1) is 10.5 Å². The van der Waals surface area contributed by atoms with Gasteiger partial charge in [0.1, 0.15) is 5.65 Å². The molecule has 3 rings (SSSR count). The summed E-state index contributed by atoms with van der Waals surface area (Å²) in [5.41, 5.74) is 1.42. The van der Waals surface area contributed by atoms with Gasteiger partial charge in [-0.3, -0.25) is 0 Å². The number of aryl methyl sites for hydroxylation is 1. The van der Waals surface area contributed by atoms with E-state index in [4.69, 9.17) is 0 Å². The Morgan fingerprint density at radius 3 is 2.46 bits per heavy atom. The van der Waals surface area contributed by atoms with Gasteiger partial charge in [0.25, 0.3) is 0 Å². The molecule has 0 fully saturated rings. The topological polar surface area (TPSA) is 52.0 Å². The smallest absolute Gasteiger partial charge is 0.325 e. The lowest BCUT2D eigenvalue weighted by Gasteiger charge is -2.16. The van der Waals surface area contributed by atoms with E-state index >= 15 is 0 Å².